The fraction of sp³-hybridized carbons (Fsp3) is 0.194. The monoisotopic (exact) mass is 472 g/mol. The number of benzene rings is 4. The first-order valence-corrected chi connectivity index (χ1v) is 12.2. The average molecular weight is 472 g/mol. The van der Waals surface area contributed by atoms with Crippen molar-refractivity contribution in [2.24, 2.45) is 0 Å². The molecule has 0 fully saturated rings. The Labute approximate surface area is 210 Å². The number of aliphatic hydroxyl groups is 1. The van der Waals surface area contributed by atoms with Gasteiger partial charge in [0.2, 0.25) is 0 Å². The number of aromatic nitrogens is 1. The number of pyridine rings is 1. The van der Waals surface area contributed by atoms with Crippen molar-refractivity contribution < 1.29 is 14.2 Å². The van der Waals surface area contributed by atoms with Gasteiger partial charge in [-0.15, -0.1) is 0 Å². The van der Waals surface area contributed by atoms with E-state index in [1.54, 1.807) is 21.3 Å². The molecule has 2 heterocycles. The van der Waals surface area contributed by atoms with E-state index in [1.165, 1.54) is 0 Å². The molecule has 0 saturated carbocycles. The van der Waals surface area contributed by atoms with Gasteiger partial charge in [0.25, 0.3) is 0 Å². The number of furan rings is 1. The number of hydrogen-bond donors (Lipinski definition) is 1. The molecule has 5 heteroatoms. The maximum absolute atomic E-state index is 10.4. The van der Waals surface area contributed by atoms with Gasteiger partial charge in [-0.05, 0) is 45.9 Å². The first-order valence-electron chi connectivity index (χ1n) is 12.2. The van der Waals surface area contributed by atoms with E-state index >= 15 is 0 Å². The van der Waals surface area contributed by atoms with Crippen molar-refractivity contribution >= 4 is 56.6 Å². The maximum Gasteiger partial charge on any atom is 0.330 e. The molecule has 6 aromatic rings. The fourth-order valence-electron chi connectivity index (χ4n) is 4.52. The molecule has 4 nitrogen and oxygen atoms in total. The summed E-state index contributed by atoms with van der Waals surface area (Å²) >= 11 is 0. The molecule has 6 rings (SSSR count). The van der Waals surface area contributed by atoms with Gasteiger partial charge >= 0.3 is 7.48 Å². The molecule has 4 aromatic carbocycles. The standard InChI is InChI=1S/C31H27BNO3/c1-30(2,34)31(3,4)36-32-20-15-13-19(14-16-20)28-24-18-17-22-21-9-6-8-12-26(21)35-29(22)27(24)23-10-5-7-11-25(23)33-28/h5-18,34H,1-4H3. The molecule has 0 unspecified atom stereocenters. The summed E-state index contributed by atoms with van der Waals surface area (Å²) in [5.74, 6) is 0. The lowest BCUT2D eigenvalue weighted by atomic mass is 9.82. The third kappa shape index (κ3) is 3.67. The Morgan fingerprint density at radius 1 is 0.750 bits per heavy atom. The van der Waals surface area contributed by atoms with Gasteiger partial charge in [0.1, 0.15) is 11.2 Å². The van der Waals surface area contributed by atoms with Gasteiger partial charge in [-0.3, -0.25) is 0 Å². The summed E-state index contributed by atoms with van der Waals surface area (Å²) in [5.41, 5.74) is 3.85. The van der Waals surface area contributed by atoms with Crippen LogP contribution < -0.4 is 5.46 Å². The molecule has 0 aliphatic carbocycles. The van der Waals surface area contributed by atoms with Crippen LogP contribution >= 0.6 is 0 Å². The van der Waals surface area contributed by atoms with Crippen LogP contribution in [0, 0.1) is 0 Å². The zero-order chi connectivity index (χ0) is 25.1. The minimum Gasteiger partial charge on any atom is -0.455 e. The van der Waals surface area contributed by atoms with Gasteiger partial charge < -0.3 is 14.2 Å². The first-order chi connectivity index (χ1) is 17.2. The van der Waals surface area contributed by atoms with E-state index < -0.39 is 11.2 Å². The molecule has 0 aliphatic rings. The summed E-state index contributed by atoms with van der Waals surface area (Å²) in [6, 6.07) is 28.8. The van der Waals surface area contributed by atoms with E-state index in [9.17, 15) is 5.11 Å². The van der Waals surface area contributed by atoms with Crippen LogP contribution in [-0.4, -0.2) is 28.8 Å². The second-order valence-corrected chi connectivity index (χ2v) is 10.4. The van der Waals surface area contributed by atoms with Crippen molar-refractivity contribution in [3.05, 3.63) is 84.9 Å². The molecule has 0 aliphatic heterocycles. The van der Waals surface area contributed by atoms with E-state index in [2.05, 4.69) is 42.5 Å². The predicted octanol–water partition coefficient (Wildman–Crippen LogP) is 6.77. The second kappa shape index (κ2) is 8.19. The summed E-state index contributed by atoms with van der Waals surface area (Å²) in [7, 11) is 1.70. The number of fused-ring (bicyclic) bond motifs is 7. The summed E-state index contributed by atoms with van der Waals surface area (Å²) in [5, 5.41) is 15.8. The molecule has 1 N–H and O–H groups in total. The molecule has 0 bridgehead atoms. The number of rotatable bonds is 5. The number of nitrogens with zero attached hydrogens (tertiary/aromatic N) is 1. The molecule has 36 heavy (non-hydrogen) atoms. The second-order valence-electron chi connectivity index (χ2n) is 10.4. The van der Waals surface area contributed by atoms with Crippen LogP contribution in [0.25, 0.3) is 54.9 Å². The highest BCUT2D eigenvalue weighted by Crippen LogP contribution is 2.40. The smallest absolute Gasteiger partial charge is 0.330 e. The maximum atomic E-state index is 10.4. The summed E-state index contributed by atoms with van der Waals surface area (Å²) in [6.07, 6.45) is 0. The van der Waals surface area contributed by atoms with Gasteiger partial charge in [0.15, 0.2) is 0 Å². The van der Waals surface area contributed by atoms with E-state index in [0.29, 0.717) is 0 Å². The molecule has 0 amide bonds. The Balaban J connectivity index is 1.49. The van der Waals surface area contributed by atoms with Crippen LogP contribution in [-0.2, 0) is 4.65 Å². The van der Waals surface area contributed by atoms with Crippen molar-refractivity contribution in [3.8, 4) is 11.3 Å². The lowest BCUT2D eigenvalue weighted by Gasteiger charge is -2.37. The van der Waals surface area contributed by atoms with Gasteiger partial charge in [0, 0.05) is 32.5 Å². The van der Waals surface area contributed by atoms with Crippen LogP contribution in [0.3, 0.4) is 0 Å². The quantitative estimate of drug-likeness (QED) is 0.222. The molecule has 177 valence electrons. The first kappa shape index (κ1) is 22.8. The Kier molecular flexibility index (Phi) is 5.18. The lowest BCUT2D eigenvalue weighted by Crippen LogP contribution is -2.49. The molecule has 0 spiro atoms. The minimum absolute atomic E-state index is 0.722. The zero-order valence-corrected chi connectivity index (χ0v) is 20.9. The van der Waals surface area contributed by atoms with E-state index in [-0.39, 0.29) is 0 Å². The summed E-state index contributed by atoms with van der Waals surface area (Å²) in [6.45, 7) is 7.25. The van der Waals surface area contributed by atoms with Crippen molar-refractivity contribution in [1.29, 1.82) is 0 Å². The molecule has 1 radical (unpaired) electrons. The number of hydrogen-bond acceptors (Lipinski definition) is 4. The van der Waals surface area contributed by atoms with E-state index in [4.69, 9.17) is 14.1 Å². The van der Waals surface area contributed by atoms with Crippen LogP contribution in [0.4, 0.5) is 0 Å². The Morgan fingerprint density at radius 2 is 1.42 bits per heavy atom. The zero-order valence-electron chi connectivity index (χ0n) is 20.9. The Morgan fingerprint density at radius 3 is 2.17 bits per heavy atom. The Bertz CT molecular complexity index is 1740. The fourth-order valence-corrected chi connectivity index (χ4v) is 4.52. The third-order valence-electron chi connectivity index (χ3n) is 7.35. The van der Waals surface area contributed by atoms with Crippen LogP contribution in [0.2, 0.25) is 0 Å². The molecule has 0 saturated heterocycles. The van der Waals surface area contributed by atoms with Gasteiger partial charge in [0.05, 0.1) is 22.4 Å². The van der Waals surface area contributed by atoms with Crippen molar-refractivity contribution in [2.45, 2.75) is 38.9 Å². The number of para-hydroxylation sites is 2. The third-order valence-corrected chi connectivity index (χ3v) is 7.35. The van der Waals surface area contributed by atoms with Crippen molar-refractivity contribution in [3.63, 3.8) is 0 Å². The van der Waals surface area contributed by atoms with Gasteiger partial charge in [-0.2, -0.15) is 0 Å². The minimum atomic E-state index is -0.973. The molecular weight excluding hydrogens is 445 g/mol. The highest BCUT2D eigenvalue weighted by molar-refractivity contribution is 6.47. The predicted molar refractivity (Wildman–Crippen MR) is 149 cm³/mol. The van der Waals surface area contributed by atoms with Gasteiger partial charge in [-0.25, -0.2) is 4.98 Å². The lowest BCUT2D eigenvalue weighted by molar-refractivity contribution is -0.0893. The van der Waals surface area contributed by atoms with Crippen LogP contribution in [0.5, 0.6) is 0 Å². The topological polar surface area (TPSA) is 55.5 Å². The van der Waals surface area contributed by atoms with Crippen LogP contribution in [0.15, 0.2) is 89.3 Å². The summed E-state index contributed by atoms with van der Waals surface area (Å²) < 4.78 is 12.3. The molecule has 0 atom stereocenters. The average Bonchev–Trinajstić information content (AvgIpc) is 3.25. The normalized spacial score (nSPS) is 12.7. The highest BCUT2D eigenvalue weighted by atomic mass is 16.5. The summed E-state index contributed by atoms with van der Waals surface area (Å²) in [4.78, 5) is 5.07. The molecule has 2 aromatic heterocycles. The SMILES string of the molecule is CC(C)(O)C(C)(C)O[B]c1ccc(-c2nc3ccccc3c3c2ccc2c4ccccc4oc23)cc1. The van der Waals surface area contributed by atoms with E-state index in [0.717, 1.165) is 60.3 Å². The van der Waals surface area contributed by atoms with Crippen LogP contribution in [0.1, 0.15) is 27.7 Å². The van der Waals surface area contributed by atoms with Crippen molar-refractivity contribution in [1.82, 2.24) is 4.98 Å². The largest absolute Gasteiger partial charge is 0.455 e. The Hall–Kier alpha value is -3.67. The van der Waals surface area contributed by atoms with E-state index in [1.807, 2.05) is 56.3 Å². The highest BCUT2D eigenvalue weighted by Gasteiger charge is 2.35. The van der Waals surface area contributed by atoms with Crippen molar-refractivity contribution in [2.75, 3.05) is 0 Å². The van der Waals surface area contributed by atoms with Gasteiger partial charge in [-0.1, -0.05) is 72.2 Å². The molecular formula is C31H27BNO3.